The number of aromatic nitrogens is 1. The Balaban J connectivity index is 1.29. The highest BCUT2D eigenvalue weighted by atomic mass is 32.2. The minimum atomic E-state index is 1.17. The predicted octanol–water partition coefficient (Wildman–Crippen LogP) is 12.6. The molecule has 0 aliphatic carbocycles. The highest BCUT2D eigenvalue weighted by Crippen LogP contribution is 2.51. The first kappa shape index (κ1) is 25.7. The van der Waals surface area contributed by atoms with Crippen molar-refractivity contribution in [2.24, 2.45) is 0 Å². The van der Waals surface area contributed by atoms with Crippen LogP contribution < -0.4 is 0 Å². The van der Waals surface area contributed by atoms with Crippen molar-refractivity contribution >= 4 is 55.1 Å². The molecule has 2 heteroatoms. The summed E-state index contributed by atoms with van der Waals surface area (Å²) < 4.78 is 2.43. The Morgan fingerprint density at radius 3 is 1.80 bits per heavy atom. The van der Waals surface area contributed by atoms with Gasteiger partial charge >= 0.3 is 0 Å². The molecule has 8 aromatic carbocycles. The molecule has 0 spiro atoms. The molecule has 1 nitrogen and oxygen atoms in total. The van der Waals surface area contributed by atoms with Crippen LogP contribution in [0.5, 0.6) is 0 Å². The summed E-state index contributed by atoms with van der Waals surface area (Å²) in [5.41, 5.74) is 11.3. The number of rotatable bonds is 3. The van der Waals surface area contributed by atoms with Crippen LogP contribution in [0.15, 0.2) is 174 Å². The van der Waals surface area contributed by atoms with Crippen molar-refractivity contribution in [2.75, 3.05) is 0 Å². The van der Waals surface area contributed by atoms with Gasteiger partial charge in [0.1, 0.15) is 0 Å². The van der Waals surface area contributed by atoms with Gasteiger partial charge in [-0.15, -0.1) is 0 Å². The maximum Gasteiger partial charge on any atom is 0.0553 e. The molecule has 1 aliphatic rings. The SMILES string of the molecule is c1ccc(-n2c3ccccc3c3c4ccccc4c(-c4ccccc4-c4ccc5c6c(cccc46)-c4ccccc4S5)cc32)cc1. The molecule has 0 radical (unpaired) electrons. The molecule has 10 rings (SSSR count). The lowest BCUT2D eigenvalue weighted by molar-refractivity contribution is 1.18. The molecular formula is C44H27NS. The van der Waals surface area contributed by atoms with Gasteiger partial charge in [-0.1, -0.05) is 139 Å². The van der Waals surface area contributed by atoms with E-state index in [1.807, 2.05) is 11.8 Å². The fourth-order valence-electron chi connectivity index (χ4n) is 7.68. The van der Waals surface area contributed by atoms with E-state index < -0.39 is 0 Å². The van der Waals surface area contributed by atoms with Gasteiger partial charge in [0.15, 0.2) is 0 Å². The monoisotopic (exact) mass is 601 g/mol. The van der Waals surface area contributed by atoms with E-state index in [4.69, 9.17) is 0 Å². The van der Waals surface area contributed by atoms with Crippen LogP contribution in [0.1, 0.15) is 0 Å². The van der Waals surface area contributed by atoms with Gasteiger partial charge in [0.05, 0.1) is 11.0 Å². The lowest BCUT2D eigenvalue weighted by atomic mass is 9.87. The van der Waals surface area contributed by atoms with Crippen molar-refractivity contribution in [1.29, 1.82) is 0 Å². The van der Waals surface area contributed by atoms with Gasteiger partial charge in [0.25, 0.3) is 0 Å². The standard InChI is InChI=1S/C44H27NS/c1-2-13-28(14-3-1)45-39-23-10-8-20-37(39)43-34-19-7-6-17-31(34)38(27-40(43)45)30-16-5-4-15-29(30)32-25-26-42-44-35(32)21-12-22-36(44)33-18-9-11-24-41(33)46-42/h1-27H. The lowest BCUT2D eigenvalue weighted by Gasteiger charge is -2.22. The van der Waals surface area contributed by atoms with Gasteiger partial charge in [-0.25, -0.2) is 0 Å². The third-order valence-electron chi connectivity index (χ3n) is 9.60. The van der Waals surface area contributed by atoms with Crippen LogP contribution in [0.4, 0.5) is 0 Å². The second-order valence-electron chi connectivity index (χ2n) is 12.0. The third kappa shape index (κ3) is 3.65. The molecule has 9 aromatic rings. The van der Waals surface area contributed by atoms with Gasteiger partial charge in [-0.3, -0.25) is 0 Å². The Morgan fingerprint density at radius 2 is 0.957 bits per heavy atom. The zero-order valence-electron chi connectivity index (χ0n) is 24.9. The average Bonchev–Trinajstić information content (AvgIpc) is 3.46. The molecule has 0 saturated heterocycles. The van der Waals surface area contributed by atoms with E-state index in [1.165, 1.54) is 92.2 Å². The van der Waals surface area contributed by atoms with Crippen LogP contribution in [-0.2, 0) is 0 Å². The number of hydrogen-bond acceptors (Lipinski definition) is 1. The number of hydrogen-bond donors (Lipinski definition) is 0. The minimum Gasteiger partial charge on any atom is -0.309 e. The first-order valence-electron chi connectivity index (χ1n) is 15.8. The molecule has 0 atom stereocenters. The number of benzene rings is 8. The van der Waals surface area contributed by atoms with Crippen molar-refractivity contribution in [2.45, 2.75) is 9.79 Å². The molecule has 0 saturated carbocycles. The zero-order chi connectivity index (χ0) is 30.2. The molecule has 0 bridgehead atoms. The molecule has 214 valence electrons. The highest BCUT2D eigenvalue weighted by molar-refractivity contribution is 7.99. The van der Waals surface area contributed by atoms with E-state index in [1.54, 1.807) is 0 Å². The van der Waals surface area contributed by atoms with E-state index >= 15 is 0 Å². The molecule has 0 N–H and O–H groups in total. The van der Waals surface area contributed by atoms with E-state index in [9.17, 15) is 0 Å². The van der Waals surface area contributed by atoms with Gasteiger partial charge < -0.3 is 4.57 Å². The van der Waals surface area contributed by atoms with Crippen LogP contribution in [0.25, 0.3) is 82.4 Å². The maximum atomic E-state index is 2.43. The van der Waals surface area contributed by atoms with Gasteiger partial charge in [0.2, 0.25) is 0 Å². The van der Waals surface area contributed by atoms with E-state index in [0.717, 1.165) is 0 Å². The van der Waals surface area contributed by atoms with Crippen LogP contribution in [0, 0.1) is 0 Å². The quantitative estimate of drug-likeness (QED) is 0.195. The van der Waals surface area contributed by atoms with Crippen molar-refractivity contribution in [3.63, 3.8) is 0 Å². The molecular weight excluding hydrogens is 575 g/mol. The van der Waals surface area contributed by atoms with Crippen molar-refractivity contribution in [1.82, 2.24) is 4.57 Å². The van der Waals surface area contributed by atoms with E-state index in [0.29, 0.717) is 0 Å². The third-order valence-corrected chi connectivity index (χ3v) is 10.7. The summed E-state index contributed by atoms with van der Waals surface area (Å²) in [4.78, 5) is 2.65. The van der Waals surface area contributed by atoms with Crippen molar-refractivity contribution in [3.8, 4) is 39.1 Å². The van der Waals surface area contributed by atoms with Gasteiger partial charge in [0, 0.05) is 31.6 Å². The summed E-state index contributed by atoms with van der Waals surface area (Å²) in [5.74, 6) is 0. The first-order valence-corrected chi connectivity index (χ1v) is 16.6. The van der Waals surface area contributed by atoms with Crippen LogP contribution in [0.3, 0.4) is 0 Å². The zero-order valence-corrected chi connectivity index (χ0v) is 25.8. The highest BCUT2D eigenvalue weighted by Gasteiger charge is 2.23. The molecule has 0 amide bonds. The first-order chi connectivity index (χ1) is 22.8. The second kappa shape index (κ2) is 9.97. The molecule has 0 fully saturated rings. The lowest BCUT2D eigenvalue weighted by Crippen LogP contribution is -1.96. The van der Waals surface area contributed by atoms with Crippen molar-refractivity contribution in [3.05, 3.63) is 164 Å². The van der Waals surface area contributed by atoms with Crippen LogP contribution in [0.2, 0.25) is 0 Å². The summed E-state index contributed by atoms with van der Waals surface area (Å²) in [6.07, 6.45) is 0. The Bertz CT molecular complexity index is 2660. The minimum absolute atomic E-state index is 1.17. The summed E-state index contributed by atoms with van der Waals surface area (Å²) in [6.45, 7) is 0. The smallest absolute Gasteiger partial charge is 0.0553 e. The Labute approximate surface area is 271 Å². The summed E-state index contributed by atoms with van der Waals surface area (Å²) >= 11 is 1.88. The predicted molar refractivity (Wildman–Crippen MR) is 196 cm³/mol. The fraction of sp³-hybridized carbons (Fsp3) is 0. The Kier molecular flexibility index (Phi) is 5.58. The summed E-state index contributed by atoms with van der Waals surface area (Å²) in [7, 11) is 0. The number of para-hydroxylation sites is 2. The molecule has 0 unspecified atom stereocenters. The fourth-order valence-corrected chi connectivity index (χ4v) is 8.81. The largest absolute Gasteiger partial charge is 0.309 e. The molecule has 46 heavy (non-hydrogen) atoms. The molecule has 2 heterocycles. The Morgan fingerprint density at radius 1 is 0.326 bits per heavy atom. The van der Waals surface area contributed by atoms with Crippen LogP contribution in [-0.4, -0.2) is 4.57 Å². The maximum absolute atomic E-state index is 2.43. The molecule has 1 aromatic heterocycles. The van der Waals surface area contributed by atoms with Crippen LogP contribution >= 0.6 is 11.8 Å². The second-order valence-corrected chi connectivity index (χ2v) is 13.1. The van der Waals surface area contributed by atoms with Crippen molar-refractivity contribution < 1.29 is 0 Å². The van der Waals surface area contributed by atoms with E-state index in [-0.39, 0.29) is 0 Å². The summed E-state index contributed by atoms with van der Waals surface area (Å²) in [5, 5.41) is 7.77. The van der Waals surface area contributed by atoms with E-state index in [2.05, 4.69) is 168 Å². The Hall–Kier alpha value is -5.57. The normalized spacial score (nSPS) is 12.3. The number of fused-ring (bicyclic) bond motifs is 7. The van der Waals surface area contributed by atoms with Gasteiger partial charge in [-0.05, 0) is 85.9 Å². The summed E-state index contributed by atoms with van der Waals surface area (Å²) in [6, 6.07) is 60.2. The average molecular weight is 602 g/mol. The number of nitrogens with zero attached hydrogens (tertiary/aromatic N) is 1. The molecule has 1 aliphatic heterocycles. The van der Waals surface area contributed by atoms with Gasteiger partial charge in [-0.2, -0.15) is 0 Å². The topological polar surface area (TPSA) is 4.93 Å².